The van der Waals surface area contributed by atoms with Crippen molar-refractivity contribution in [3.63, 3.8) is 0 Å². The minimum atomic E-state index is -0.702. The van der Waals surface area contributed by atoms with Crippen LogP contribution < -0.4 is 5.32 Å². The highest BCUT2D eigenvalue weighted by molar-refractivity contribution is 6.25. The number of allylic oxidation sites excluding steroid dienone is 2. The smallest absolute Gasteiger partial charge is 0.226 e. The third kappa shape index (κ3) is 1.99. The first-order valence-electron chi connectivity index (χ1n) is 10.5. The van der Waals surface area contributed by atoms with Crippen molar-refractivity contribution in [3.8, 4) is 6.07 Å². The van der Waals surface area contributed by atoms with E-state index < -0.39 is 12.1 Å². The second kappa shape index (κ2) is 6.22. The second-order valence-corrected chi connectivity index (χ2v) is 9.00. The normalized spacial score (nSPS) is 44.9. The molecule has 158 valence electrons. The Morgan fingerprint density at radius 3 is 2.83 bits per heavy atom. The van der Waals surface area contributed by atoms with Crippen LogP contribution in [-0.2, 0) is 19.1 Å². The van der Waals surface area contributed by atoms with Gasteiger partial charge in [-0.05, 0) is 13.3 Å². The van der Waals surface area contributed by atoms with Crippen LogP contribution in [0.1, 0.15) is 13.3 Å². The number of aliphatic hydroxyl groups is 1. The van der Waals surface area contributed by atoms with Gasteiger partial charge < -0.3 is 19.9 Å². The Hall–Kier alpha value is -2.09. The van der Waals surface area contributed by atoms with Gasteiger partial charge in [0.25, 0.3) is 0 Å². The third-order valence-corrected chi connectivity index (χ3v) is 7.99. The van der Waals surface area contributed by atoms with E-state index in [4.69, 9.17) is 9.47 Å². The van der Waals surface area contributed by atoms with E-state index in [1.165, 1.54) is 7.11 Å². The van der Waals surface area contributed by atoms with Crippen molar-refractivity contribution >= 4 is 11.6 Å². The van der Waals surface area contributed by atoms with E-state index in [1.807, 2.05) is 4.90 Å². The van der Waals surface area contributed by atoms with E-state index in [0.29, 0.717) is 24.3 Å². The average molecular weight is 412 g/mol. The molecule has 4 fully saturated rings. The van der Waals surface area contributed by atoms with E-state index in [1.54, 1.807) is 6.92 Å². The van der Waals surface area contributed by atoms with Crippen LogP contribution >= 0.6 is 0 Å². The molecule has 6 rings (SSSR count). The molecule has 5 heterocycles. The van der Waals surface area contributed by atoms with Gasteiger partial charge in [-0.15, -0.1) is 0 Å². The van der Waals surface area contributed by atoms with E-state index in [0.717, 1.165) is 6.42 Å². The zero-order valence-corrected chi connectivity index (χ0v) is 16.9. The number of rotatable bonds is 2. The maximum atomic E-state index is 13.5. The number of Topliss-reactive ketones (excluding diaryl/α,β-unsaturated/α-hetero) is 2. The number of hydrogen-bond donors (Lipinski definition) is 2. The van der Waals surface area contributed by atoms with Crippen LogP contribution in [0.5, 0.6) is 0 Å². The summed E-state index contributed by atoms with van der Waals surface area (Å²) in [6.07, 6.45) is 0.665. The highest BCUT2D eigenvalue weighted by Crippen LogP contribution is 2.52. The highest BCUT2D eigenvalue weighted by atomic mass is 16.5. The number of nitriles is 1. The summed E-state index contributed by atoms with van der Waals surface area (Å²) in [5.74, 6) is -0.322. The Bertz CT molecular complexity index is 967. The lowest BCUT2D eigenvalue weighted by Gasteiger charge is -2.59. The SMILES string of the molecule is COC1=C(C)C(=O)C2=C(C1=O)[C@@H](CO)N1[C@H]3[C@H]4N[C@H](C[C@H]4[C@@H]4OCCN4[C@@H]23)[C@H]1C#N. The number of nitrogens with zero attached hydrogens (tertiary/aromatic N) is 3. The molecule has 0 saturated carbocycles. The number of fused-ring (bicyclic) bond motifs is 5. The van der Waals surface area contributed by atoms with Gasteiger partial charge in [-0.1, -0.05) is 0 Å². The Morgan fingerprint density at radius 2 is 2.13 bits per heavy atom. The predicted octanol–water partition coefficient (Wildman–Crippen LogP) is -1.31. The maximum Gasteiger partial charge on any atom is 0.226 e. The number of ether oxygens (including phenoxy) is 2. The average Bonchev–Trinajstić information content (AvgIpc) is 3.37. The predicted molar refractivity (Wildman–Crippen MR) is 102 cm³/mol. The fourth-order valence-electron chi connectivity index (χ4n) is 6.99. The van der Waals surface area contributed by atoms with Gasteiger partial charge in [0.2, 0.25) is 5.78 Å². The van der Waals surface area contributed by atoms with Gasteiger partial charge in [0.1, 0.15) is 12.3 Å². The van der Waals surface area contributed by atoms with Crippen LogP contribution in [0, 0.1) is 17.2 Å². The van der Waals surface area contributed by atoms with Crippen molar-refractivity contribution in [3.05, 3.63) is 22.5 Å². The van der Waals surface area contributed by atoms with Gasteiger partial charge in [-0.2, -0.15) is 5.26 Å². The molecular weight excluding hydrogens is 388 g/mol. The van der Waals surface area contributed by atoms with Crippen LogP contribution in [-0.4, -0.2) is 95.8 Å². The van der Waals surface area contributed by atoms with Crippen molar-refractivity contribution in [1.82, 2.24) is 15.1 Å². The Morgan fingerprint density at radius 1 is 1.33 bits per heavy atom. The van der Waals surface area contributed by atoms with Crippen LogP contribution in [0.3, 0.4) is 0 Å². The molecule has 0 unspecified atom stereocenters. The molecule has 4 saturated heterocycles. The lowest BCUT2D eigenvalue weighted by Crippen LogP contribution is -2.78. The molecule has 0 amide bonds. The minimum Gasteiger partial charge on any atom is -0.492 e. The zero-order chi connectivity index (χ0) is 20.9. The van der Waals surface area contributed by atoms with E-state index in [2.05, 4.69) is 16.3 Å². The molecule has 0 spiro atoms. The highest BCUT2D eigenvalue weighted by Gasteiger charge is 2.67. The molecule has 0 aromatic rings. The van der Waals surface area contributed by atoms with Gasteiger partial charge in [0.05, 0.1) is 38.5 Å². The fourth-order valence-corrected chi connectivity index (χ4v) is 6.99. The largest absolute Gasteiger partial charge is 0.492 e. The number of piperidine rings is 1. The molecule has 5 aliphatic heterocycles. The van der Waals surface area contributed by atoms with Gasteiger partial charge in [-0.3, -0.25) is 19.4 Å². The number of carbonyl (C=O) groups excluding carboxylic acids is 2. The topological polar surface area (TPSA) is 115 Å². The van der Waals surface area contributed by atoms with Crippen molar-refractivity contribution < 1.29 is 24.2 Å². The van der Waals surface area contributed by atoms with Crippen molar-refractivity contribution in [2.24, 2.45) is 5.92 Å². The number of carbonyl (C=O) groups is 2. The summed E-state index contributed by atoms with van der Waals surface area (Å²) in [7, 11) is 1.38. The fraction of sp³-hybridized carbons (Fsp3) is 0.667. The lowest BCUT2D eigenvalue weighted by molar-refractivity contribution is -0.131. The summed E-state index contributed by atoms with van der Waals surface area (Å²) in [5, 5.41) is 24.1. The van der Waals surface area contributed by atoms with E-state index in [9.17, 15) is 20.0 Å². The molecule has 0 aromatic carbocycles. The Balaban J connectivity index is 1.61. The minimum absolute atomic E-state index is 0.0326. The van der Waals surface area contributed by atoms with Crippen LogP contribution in [0.15, 0.2) is 22.5 Å². The number of ketones is 2. The zero-order valence-electron chi connectivity index (χ0n) is 16.9. The first-order valence-corrected chi connectivity index (χ1v) is 10.5. The number of nitrogens with one attached hydrogen (secondary N) is 1. The van der Waals surface area contributed by atoms with Gasteiger partial charge >= 0.3 is 0 Å². The van der Waals surface area contributed by atoms with Crippen molar-refractivity contribution in [2.45, 2.75) is 55.8 Å². The quantitative estimate of drug-likeness (QED) is 0.534. The molecule has 1 aliphatic carbocycles. The molecular formula is C21H24N4O5. The van der Waals surface area contributed by atoms with Crippen LogP contribution in [0.2, 0.25) is 0 Å². The summed E-state index contributed by atoms with van der Waals surface area (Å²) < 4.78 is 11.4. The molecule has 9 heteroatoms. The van der Waals surface area contributed by atoms with Crippen LogP contribution in [0.25, 0.3) is 0 Å². The molecule has 30 heavy (non-hydrogen) atoms. The maximum absolute atomic E-state index is 13.5. The number of hydrogen-bond acceptors (Lipinski definition) is 9. The number of piperazine rings is 1. The number of aliphatic hydroxyl groups excluding tert-OH is 1. The van der Waals surface area contributed by atoms with Crippen molar-refractivity contribution in [2.75, 3.05) is 26.9 Å². The molecule has 0 aromatic heterocycles. The molecule has 0 radical (unpaired) electrons. The summed E-state index contributed by atoms with van der Waals surface area (Å²) in [5.41, 5.74) is 1.04. The molecule has 2 N–H and O–H groups in total. The van der Waals surface area contributed by atoms with E-state index >= 15 is 0 Å². The third-order valence-electron chi connectivity index (χ3n) is 7.99. The summed E-state index contributed by atoms with van der Waals surface area (Å²) in [4.78, 5) is 31.2. The Kier molecular flexibility index (Phi) is 3.87. The first kappa shape index (κ1) is 18.7. The first-order chi connectivity index (χ1) is 14.5. The standard InChI is InChI=1S/C21H24N4O5/c1-8-18(27)14-13(19(28)20(8)29-2)12(7-26)25-11(6-22)10-5-9-15(23-10)17(25)16(14)24-3-4-30-21(9)24/h9-12,15-17,21,23,26H,3-5,7H2,1-2H3/t9-,10-,11-,12-,15+,16+,17+,21+/m1/s1. The molecule has 9 nitrogen and oxygen atoms in total. The monoisotopic (exact) mass is 412 g/mol. The van der Waals surface area contributed by atoms with Crippen molar-refractivity contribution in [1.29, 1.82) is 5.26 Å². The molecule has 6 aliphatic rings. The lowest BCUT2D eigenvalue weighted by atomic mass is 9.69. The van der Waals surface area contributed by atoms with Gasteiger partial charge in [-0.25, -0.2) is 0 Å². The second-order valence-electron chi connectivity index (χ2n) is 9.00. The number of methoxy groups -OCH3 is 1. The van der Waals surface area contributed by atoms with Crippen LogP contribution in [0.4, 0.5) is 0 Å². The molecule has 2 bridgehead atoms. The molecule has 8 atom stereocenters. The van der Waals surface area contributed by atoms with E-state index in [-0.39, 0.29) is 65.8 Å². The van der Waals surface area contributed by atoms with Gasteiger partial charge in [0, 0.05) is 47.3 Å². The summed E-state index contributed by atoms with van der Waals surface area (Å²) >= 11 is 0. The van der Waals surface area contributed by atoms with Gasteiger partial charge in [0.15, 0.2) is 11.5 Å². The Labute approximate surface area is 173 Å². The summed E-state index contributed by atoms with van der Waals surface area (Å²) in [6, 6.07) is 0.667. The summed E-state index contributed by atoms with van der Waals surface area (Å²) in [6.45, 7) is 2.54.